The zero-order valence-electron chi connectivity index (χ0n) is 11.9. The van der Waals surface area contributed by atoms with Crippen molar-refractivity contribution in [1.29, 1.82) is 0 Å². The maximum absolute atomic E-state index is 12.5. The Morgan fingerprint density at radius 3 is 2.90 bits per heavy atom. The van der Waals surface area contributed by atoms with Gasteiger partial charge in [0.1, 0.15) is 5.75 Å². The molecule has 1 aromatic carbocycles. The third-order valence-corrected chi connectivity index (χ3v) is 4.49. The molecule has 0 aromatic heterocycles. The summed E-state index contributed by atoms with van der Waals surface area (Å²) in [7, 11) is 1.61. The first-order valence-electron chi connectivity index (χ1n) is 6.92. The van der Waals surface area contributed by atoms with Crippen molar-refractivity contribution in [3.63, 3.8) is 0 Å². The van der Waals surface area contributed by atoms with E-state index in [1.54, 1.807) is 7.11 Å². The SMILES string of the molecule is COc1cc(Br)cc(C)c1NC(=O)C1CCCC1CN. The van der Waals surface area contributed by atoms with Crippen molar-refractivity contribution in [3.8, 4) is 5.75 Å². The molecular weight excluding hydrogens is 320 g/mol. The number of nitrogens with two attached hydrogens (primary N) is 1. The van der Waals surface area contributed by atoms with Crippen LogP contribution in [0, 0.1) is 18.8 Å². The van der Waals surface area contributed by atoms with Crippen LogP contribution in [-0.2, 0) is 4.79 Å². The molecule has 20 heavy (non-hydrogen) atoms. The van der Waals surface area contributed by atoms with E-state index in [0.29, 0.717) is 18.2 Å². The highest BCUT2D eigenvalue weighted by Gasteiger charge is 2.32. The molecule has 0 aliphatic heterocycles. The third-order valence-electron chi connectivity index (χ3n) is 4.03. The Balaban J connectivity index is 2.19. The standard InChI is InChI=1S/C15H21BrN2O2/c1-9-6-11(16)7-13(20-2)14(9)18-15(19)12-5-3-4-10(12)8-17/h6-7,10,12H,3-5,8,17H2,1-2H3,(H,18,19). The van der Waals surface area contributed by atoms with Gasteiger partial charge in [0, 0.05) is 10.4 Å². The van der Waals surface area contributed by atoms with Crippen molar-refractivity contribution >= 4 is 27.5 Å². The van der Waals surface area contributed by atoms with Gasteiger partial charge < -0.3 is 15.8 Å². The molecule has 3 N–H and O–H groups in total. The first-order valence-corrected chi connectivity index (χ1v) is 7.71. The lowest BCUT2D eigenvalue weighted by Gasteiger charge is -2.19. The van der Waals surface area contributed by atoms with Gasteiger partial charge >= 0.3 is 0 Å². The minimum atomic E-state index is 0.0211. The van der Waals surface area contributed by atoms with E-state index in [2.05, 4.69) is 21.2 Å². The molecule has 2 atom stereocenters. The average molecular weight is 341 g/mol. The molecule has 1 saturated carbocycles. The molecule has 0 heterocycles. The van der Waals surface area contributed by atoms with Gasteiger partial charge in [-0.05, 0) is 49.9 Å². The number of rotatable bonds is 4. The normalized spacial score (nSPS) is 21.8. The molecule has 2 rings (SSSR count). The lowest BCUT2D eigenvalue weighted by Crippen LogP contribution is -2.30. The predicted octanol–water partition coefficient (Wildman–Crippen LogP) is 3.08. The second kappa shape index (κ2) is 6.59. The van der Waals surface area contributed by atoms with Crippen molar-refractivity contribution in [2.24, 2.45) is 17.6 Å². The zero-order chi connectivity index (χ0) is 14.7. The maximum Gasteiger partial charge on any atom is 0.227 e. The molecule has 2 unspecified atom stereocenters. The number of carbonyl (C=O) groups is 1. The van der Waals surface area contributed by atoms with Gasteiger partial charge in [0.05, 0.1) is 12.8 Å². The smallest absolute Gasteiger partial charge is 0.227 e. The van der Waals surface area contributed by atoms with Crippen LogP contribution in [0.3, 0.4) is 0 Å². The number of nitrogens with one attached hydrogen (secondary N) is 1. The number of methoxy groups -OCH3 is 1. The minimum absolute atomic E-state index is 0.0211. The molecule has 1 aliphatic carbocycles. The minimum Gasteiger partial charge on any atom is -0.495 e. The van der Waals surface area contributed by atoms with Gasteiger partial charge in [-0.3, -0.25) is 4.79 Å². The molecule has 1 fully saturated rings. The Kier molecular flexibility index (Phi) is 5.05. The van der Waals surface area contributed by atoms with Crippen molar-refractivity contribution in [3.05, 3.63) is 22.2 Å². The molecule has 1 aromatic rings. The lowest BCUT2D eigenvalue weighted by atomic mass is 9.95. The summed E-state index contributed by atoms with van der Waals surface area (Å²) in [5.41, 5.74) is 7.48. The topological polar surface area (TPSA) is 64.3 Å². The van der Waals surface area contributed by atoms with Crippen LogP contribution in [0.15, 0.2) is 16.6 Å². The number of aryl methyl sites for hydroxylation is 1. The van der Waals surface area contributed by atoms with E-state index in [4.69, 9.17) is 10.5 Å². The Morgan fingerprint density at radius 1 is 1.50 bits per heavy atom. The molecule has 0 saturated heterocycles. The second-order valence-corrected chi connectivity index (χ2v) is 6.24. The molecule has 1 amide bonds. The van der Waals surface area contributed by atoms with Gasteiger partial charge in [-0.15, -0.1) is 0 Å². The van der Waals surface area contributed by atoms with Gasteiger partial charge in [-0.1, -0.05) is 22.4 Å². The van der Waals surface area contributed by atoms with Crippen molar-refractivity contribution < 1.29 is 9.53 Å². The summed E-state index contributed by atoms with van der Waals surface area (Å²) >= 11 is 3.43. The Labute approximate surface area is 128 Å². The monoisotopic (exact) mass is 340 g/mol. The summed E-state index contributed by atoms with van der Waals surface area (Å²) in [6.07, 6.45) is 3.05. The van der Waals surface area contributed by atoms with Crippen LogP contribution in [0.25, 0.3) is 0 Å². The number of hydrogen-bond donors (Lipinski definition) is 2. The maximum atomic E-state index is 12.5. The van der Waals surface area contributed by atoms with Crippen LogP contribution in [0.2, 0.25) is 0 Å². The molecule has 110 valence electrons. The Bertz CT molecular complexity index is 505. The number of hydrogen-bond acceptors (Lipinski definition) is 3. The zero-order valence-corrected chi connectivity index (χ0v) is 13.5. The highest BCUT2D eigenvalue weighted by atomic mass is 79.9. The van der Waals surface area contributed by atoms with Gasteiger partial charge in [0.15, 0.2) is 0 Å². The molecule has 4 nitrogen and oxygen atoms in total. The highest BCUT2D eigenvalue weighted by molar-refractivity contribution is 9.10. The molecule has 0 spiro atoms. The van der Waals surface area contributed by atoms with E-state index in [1.807, 2.05) is 19.1 Å². The summed E-state index contributed by atoms with van der Waals surface area (Å²) < 4.78 is 6.29. The average Bonchev–Trinajstić information content (AvgIpc) is 2.89. The van der Waals surface area contributed by atoms with E-state index >= 15 is 0 Å². The second-order valence-electron chi connectivity index (χ2n) is 5.32. The number of amides is 1. The van der Waals surface area contributed by atoms with Crippen LogP contribution in [-0.4, -0.2) is 19.6 Å². The summed E-state index contributed by atoms with van der Waals surface area (Å²) in [6.45, 7) is 2.53. The van der Waals surface area contributed by atoms with Crippen LogP contribution >= 0.6 is 15.9 Å². The van der Waals surface area contributed by atoms with Gasteiger partial charge in [0.2, 0.25) is 5.91 Å². The first-order chi connectivity index (χ1) is 9.56. The molecule has 0 bridgehead atoms. The van der Waals surface area contributed by atoms with Crippen molar-refractivity contribution in [2.75, 3.05) is 19.0 Å². The first kappa shape index (κ1) is 15.3. The number of halogens is 1. The van der Waals surface area contributed by atoms with Crippen LogP contribution < -0.4 is 15.8 Å². The quantitative estimate of drug-likeness (QED) is 0.885. The molecule has 5 heteroatoms. The van der Waals surface area contributed by atoms with Crippen LogP contribution in [0.5, 0.6) is 5.75 Å². The number of anilines is 1. The van der Waals surface area contributed by atoms with E-state index < -0.39 is 0 Å². The lowest BCUT2D eigenvalue weighted by molar-refractivity contribution is -0.120. The summed E-state index contributed by atoms with van der Waals surface area (Å²) in [6, 6.07) is 3.82. The third kappa shape index (κ3) is 3.15. The van der Waals surface area contributed by atoms with Gasteiger partial charge in [0.25, 0.3) is 0 Å². The van der Waals surface area contributed by atoms with Crippen LogP contribution in [0.1, 0.15) is 24.8 Å². The Hall–Kier alpha value is -1.07. The molecule has 1 aliphatic rings. The van der Waals surface area contributed by atoms with E-state index in [-0.39, 0.29) is 11.8 Å². The van der Waals surface area contributed by atoms with Crippen molar-refractivity contribution in [1.82, 2.24) is 0 Å². The predicted molar refractivity (Wildman–Crippen MR) is 83.9 cm³/mol. The summed E-state index contributed by atoms with van der Waals surface area (Å²) in [5.74, 6) is 1.05. The largest absolute Gasteiger partial charge is 0.495 e. The van der Waals surface area contributed by atoms with Gasteiger partial charge in [-0.25, -0.2) is 0 Å². The number of ether oxygens (including phenoxy) is 1. The fraction of sp³-hybridized carbons (Fsp3) is 0.533. The van der Waals surface area contributed by atoms with Crippen molar-refractivity contribution in [2.45, 2.75) is 26.2 Å². The van der Waals surface area contributed by atoms with E-state index in [9.17, 15) is 4.79 Å². The summed E-state index contributed by atoms with van der Waals surface area (Å²) in [5, 5.41) is 3.02. The molecule has 0 radical (unpaired) electrons. The van der Waals surface area contributed by atoms with Crippen LogP contribution in [0.4, 0.5) is 5.69 Å². The number of carbonyl (C=O) groups excluding carboxylic acids is 1. The fourth-order valence-electron chi connectivity index (χ4n) is 2.91. The van der Waals surface area contributed by atoms with E-state index in [1.165, 1.54) is 0 Å². The summed E-state index contributed by atoms with van der Waals surface area (Å²) in [4.78, 5) is 12.5. The van der Waals surface area contributed by atoms with E-state index in [0.717, 1.165) is 35.0 Å². The number of benzene rings is 1. The Morgan fingerprint density at radius 2 is 2.25 bits per heavy atom. The van der Waals surface area contributed by atoms with Gasteiger partial charge in [-0.2, -0.15) is 0 Å². The molecular formula is C15H21BrN2O2. The fourth-order valence-corrected chi connectivity index (χ4v) is 3.46. The highest BCUT2D eigenvalue weighted by Crippen LogP contribution is 2.35.